The van der Waals surface area contributed by atoms with E-state index in [-0.39, 0.29) is 17.9 Å². The number of hydrogen-bond acceptors (Lipinski definition) is 4. The van der Waals surface area contributed by atoms with Crippen LogP contribution in [-0.2, 0) is 19.4 Å². The molecule has 4 aromatic rings. The van der Waals surface area contributed by atoms with Crippen molar-refractivity contribution in [1.82, 2.24) is 9.55 Å². The van der Waals surface area contributed by atoms with Crippen molar-refractivity contribution >= 4 is 21.6 Å². The zero-order valence-corrected chi connectivity index (χ0v) is 17.5. The van der Waals surface area contributed by atoms with E-state index in [2.05, 4.69) is 0 Å². The predicted molar refractivity (Wildman–Crippen MR) is 118 cm³/mol. The van der Waals surface area contributed by atoms with Crippen LogP contribution in [0.15, 0.2) is 53.3 Å². The molecule has 30 heavy (non-hydrogen) atoms. The second-order valence-electron chi connectivity index (χ2n) is 7.54. The number of fused-ring (bicyclic) bond motifs is 3. The van der Waals surface area contributed by atoms with Crippen molar-refractivity contribution in [3.63, 3.8) is 0 Å². The fourth-order valence-electron chi connectivity index (χ4n) is 4.16. The highest BCUT2D eigenvalue weighted by molar-refractivity contribution is 7.18. The Kier molecular flexibility index (Phi) is 4.87. The van der Waals surface area contributed by atoms with Gasteiger partial charge in [-0.25, -0.2) is 9.37 Å². The van der Waals surface area contributed by atoms with E-state index in [1.807, 2.05) is 24.3 Å². The van der Waals surface area contributed by atoms with Crippen LogP contribution in [-0.4, -0.2) is 16.7 Å². The average molecular weight is 421 g/mol. The molecule has 0 saturated carbocycles. The second-order valence-corrected chi connectivity index (χ2v) is 8.62. The van der Waals surface area contributed by atoms with Gasteiger partial charge in [-0.05, 0) is 49.4 Å². The molecule has 0 aliphatic heterocycles. The van der Waals surface area contributed by atoms with Gasteiger partial charge in [0, 0.05) is 16.0 Å². The number of halogens is 1. The molecule has 152 valence electrons. The monoisotopic (exact) mass is 420 g/mol. The number of rotatable bonds is 4. The van der Waals surface area contributed by atoms with Crippen molar-refractivity contribution in [2.75, 3.05) is 7.11 Å². The van der Waals surface area contributed by atoms with Gasteiger partial charge in [-0.1, -0.05) is 30.3 Å². The van der Waals surface area contributed by atoms with Crippen LogP contribution in [0.3, 0.4) is 0 Å². The van der Waals surface area contributed by atoms with Gasteiger partial charge in [0.1, 0.15) is 22.2 Å². The van der Waals surface area contributed by atoms with Gasteiger partial charge in [0.15, 0.2) is 0 Å². The van der Waals surface area contributed by atoms with Gasteiger partial charge in [0.05, 0.1) is 19.0 Å². The van der Waals surface area contributed by atoms with Crippen molar-refractivity contribution in [3.05, 3.63) is 80.7 Å². The highest BCUT2D eigenvalue weighted by Gasteiger charge is 2.23. The Morgan fingerprint density at radius 3 is 2.80 bits per heavy atom. The molecule has 2 heterocycles. The van der Waals surface area contributed by atoms with E-state index in [1.54, 1.807) is 41.2 Å². The molecule has 1 aliphatic rings. The fourth-order valence-corrected chi connectivity index (χ4v) is 5.42. The number of benzene rings is 2. The molecule has 0 atom stereocenters. The first-order chi connectivity index (χ1) is 14.7. The topological polar surface area (TPSA) is 44.1 Å². The summed E-state index contributed by atoms with van der Waals surface area (Å²) in [5, 5.41) is 0.706. The first-order valence-electron chi connectivity index (χ1n) is 10.1. The third kappa shape index (κ3) is 3.21. The van der Waals surface area contributed by atoms with Crippen molar-refractivity contribution in [1.29, 1.82) is 0 Å². The molecular formula is C24H21FN2O2S. The first-order valence-corrected chi connectivity index (χ1v) is 10.9. The number of hydrogen-bond donors (Lipinski definition) is 0. The Morgan fingerprint density at radius 1 is 1.13 bits per heavy atom. The van der Waals surface area contributed by atoms with Crippen LogP contribution in [0.1, 0.15) is 28.8 Å². The third-order valence-electron chi connectivity index (χ3n) is 5.69. The second kappa shape index (κ2) is 7.69. The maximum atomic E-state index is 14.4. The van der Waals surface area contributed by atoms with Gasteiger partial charge in [-0.15, -0.1) is 11.3 Å². The van der Waals surface area contributed by atoms with E-state index in [9.17, 15) is 9.18 Å². The molecule has 5 rings (SSSR count). The zero-order chi connectivity index (χ0) is 20.7. The van der Waals surface area contributed by atoms with Crippen LogP contribution in [0.25, 0.3) is 21.6 Å². The Hall–Kier alpha value is -2.99. The lowest BCUT2D eigenvalue weighted by Gasteiger charge is -2.15. The Morgan fingerprint density at radius 2 is 1.97 bits per heavy atom. The van der Waals surface area contributed by atoms with Gasteiger partial charge in [-0.3, -0.25) is 9.36 Å². The molecule has 0 fully saturated rings. The van der Waals surface area contributed by atoms with Crippen molar-refractivity contribution < 1.29 is 9.13 Å². The summed E-state index contributed by atoms with van der Waals surface area (Å²) in [5.74, 6) is 0.895. The summed E-state index contributed by atoms with van der Waals surface area (Å²) >= 11 is 1.62. The quantitative estimate of drug-likeness (QED) is 0.456. The summed E-state index contributed by atoms with van der Waals surface area (Å²) in [6, 6.07) is 14.1. The minimum atomic E-state index is -0.326. The highest BCUT2D eigenvalue weighted by atomic mass is 32.1. The summed E-state index contributed by atoms with van der Waals surface area (Å²) in [7, 11) is 1.61. The van der Waals surface area contributed by atoms with E-state index in [4.69, 9.17) is 9.72 Å². The summed E-state index contributed by atoms with van der Waals surface area (Å²) in [6.07, 6.45) is 4.14. The minimum Gasteiger partial charge on any atom is -0.497 e. The lowest BCUT2D eigenvalue weighted by atomic mass is 9.97. The largest absolute Gasteiger partial charge is 0.497 e. The number of thiophene rings is 1. The van der Waals surface area contributed by atoms with E-state index in [1.165, 1.54) is 10.9 Å². The summed E-state index contributed by atoms with van der Waals surface area (Å²) in [5.41, 5.74) is 2.28. The smallest absolute Gasteiger partial charge is 0.263 e. The third-order valence-corrected chi connectivity index (χ3v) is 6.87. The number of ether oxygens (including phenoxy) is 1. The fraction of sp³-hybridized carbons (Fsp3) is 0.250. The molecule has 2 aromatic carbocycles. The van der Waals surface area contributed by atoms with Crippen LogP contribution >= 0.6 is 11.3 Å². The summed E-state index contributed by atoms with van der Waals surface area (Å²) in [4.78, 5) is 20.7. The molecule has 0 spiro atoms. The number of nitrogens with zero attached hydrogens (tertiary/aromatic N) is 2. The minimum absolute atomic E-state index is 0.0968. The Bertz CT molecular complexity index is 1310. The van der Waals surface area contributed by atoms with Crippen LogP contribution < -0.4 is 10.3 Å². The van der Waals surface area contributed by atoms with Crippen LogP contribution in [0.5, 0.6) is 5.75 Å². The summed E-state index contributed by atoms with van der Waals surface area (Å²) < 4.78 is 21.4. The molecule has 0 amide bonds. The molecule has 0 saturated heterocycles. The van der Waals surface area contributed by atoms with Gasteiger partial charge in [-0.2, -0.15) is 0 Å². The molecule has 0 N–H and O–H groups in total. The van der Waals surface area contributed by atoms with Crippen LogP contribution in [0, 0.1) is 5.82 Å². The number of aryl methyl sites for hydroxylation is 2. The van der Waals surface area contributed by atoms with Crippen molar-refractivity contribution in [2.45, 2.75) is 32.2 Å². The van der Waals surface area contributed by atoms with Crippen molar-refractivity contribution in [3.8, 4) is 17.1 Å². The van der Waals surface area contributed by atoms with E-state index in [0.29, 0.717) is 22.5 Å². The molecule has 0 bridgehead atoms. The maximum Gasteiger partial charge on any atom is 0.263 e. The van der Waals surface area contributed by atoms with Gasteiger partial charge < -0.3 is 4.74 Å². The lowest BCUT2D eigenvalue weighted by molar-refractivity contribution is 0.415. The molecule has 2 aromatic heterocycles. The van der Waals surface area contributed by atoms with Crippen LogP contribution in [0.4, 0.5) is 4.39 Å². The van der Waals surface area contributed by atoms with Gasteiger partial charge >= 0.3 is 0 Å². The normalized spacial score (nSPS) is 13.4. The molecule has 0 unspecified atom stereocenters. The summed E-state index contributed by atoms with van der Waals surface area (Å²) in [6.45, 7) is 0.131. The van der Waals surface area contributed by atoms with Gasteiger partial charge in [0.2, 0.25) is 0 Å². The average Bonchev–Trinajstić information content (AvgIpc) is 3.15. The van der Waals surface area contributed by atoms with E-state index in [0.717, 1.165) is 41.6 Å². The van der Waals surface area contributed by atoms with Crippen molar-refractivity contribution in [2.24, 2.45) is 0 Å². The lowest BCUT2D eigenvalue weighted by Crippen LogP contribution is -2.25. The van der Waals surface area contributed by atoms with E-state index < -0.39 is 0 Å². The SMILES string of the molecule is COc1cccc(-c2nc3sc4c(c3c(=O)n2Cc2ccccc2F)CCCC4)c1. The first kappa shape index (κ1) is 19.0. The molecule has 4 nitrogen and oxygen atoms in total. The number of methoxy groups -OCH3 is 1. The predicted octanol–water partition coefficient (Wildman–Crippen LogP) is 5.20. The molecular weight excluding hydrogens is 399 g/mol. The molecule has 0 radical (unpaired) electrons. The highest BCUT2D eigenvalue weighted by Crippen LogP contribution is 2.35. The molecule has 6 heteroatoms. The van der Waals surface area contributed by atoms with E-state index >= 15 is 0 Å². The zero-order valence-electron chi connectivity index (χ0n) is 16.7. The van der Waals surface area contributed by atoms with Gasteiger partial charge in [0.25, 0.3) is 5.56 Å². The Labute approximate surface area is 177 Å². The number of aromatic nitrogens is 2. The standard InChI is InChI=1S/C24H21FN2O2S/c1-29-17-9-6-8-15(13-17)22-26-23-21(18-10-3-5-12-20(18)30-23)24(28)27(22)14-16-7-2-4-11-19(16)25/h2,4,6-9,11,13H,3,5,10,12,14H2,1H3. The maximum absolute atomic E-state index is 14.4. The Balaban J connectivity index is 1.78. The molecule has 1 aliphatic carbocycles. The van der Waals surface area contributed by atoms with Crippen LogP contribution in [0.2, 0.25) is 0 Å².